The van der Waals surface area contributed by atoms with E-state index in [0.717, 1.165) is 0 Å². The molecule has 18 heavy (non-hydrogen) atoms. The van der Waals surface area contributed by atoms with Gasteiger partial charge in [0.15, 0.2) is 11.6 Å². The van der Waals surface area contributed by atoms with Crippen molar-refractivity contribution in [3.63, 3.8) is 0 Å². The van der Waals surface area contributed by atoms with Gasteiger partial charge < -0.3 is 0 Å². The maximum absolute atomic E-state index is 13.0. The standard InChI is InChI=1S/C8H2F7NO2/c9-3-2(1-8(13,14)15)7(16(17)18)6(12)5(11)4(3)10/h1H2. The third kappa shape index (κ3) is 2.51. The topological polar surface area (TPSA) is 43.1 Å². The molecular weight excluding hydrogens is 275 g/mol. The highest BCUT2D eigenvalue weighted by Crippen LogP contribution is 2.34. The predicted molar refractivity (Wildman–Crippen MR) is 42.7 cm³/mol. The fourth-order valence-corrected chi connectivity index (χ4v) is 1.22. The van der Waals surface area contributed by atoms with Gasteiger partial charge in [-0.1, -0.05) is 0 Å². The van der Waals surface area contributed by atoms with Gasteiger partial charge in [-0.05, 0) is 0 Å². The lowest BCUT2D eigenvalue weighted by Crippen LogP contribution is -2.17. The lowest BCUT2D eigenvalue weighted by atomic mass is 10.1. The van der Waals surface area contributed by atoms with Crippen molar-refractivity contribution in [1.29, 1.82) is 0 Å². The second kappa shape index (κ2) is 4.42. The van der Waals surface area contributed by atoms with Crippen LogP contribution in [0.15, 0.2) is 0 Å². The number of rotatable bonds is 2. The number of nitro benzene ring substituents is 1. The van der Waals surface area contributed by atoms with E-state index in [9.17, 15) is 40.8 Å². The molecule has 0 unspecified atom stereocenters. The monoisotopic (exact) mass is 277 g/mol. The molecule has 0 radical (unpaired) electrons. The Kier molecular flexibility index (Phi) is 3.49. The molecule has 0 atom stereocenters. The van der Waals surface area contributed by atoms with Crippen molar-refractivity contribution in [2.24, 2.45) is 0 Å². The first-order valence-corrected chi connectivity index (χ1v) is 4.12. The van der Waals surface area contributed by atoms with Crippen molar-refractivity contribution in [2.45, 2.75) is 12.6 Å². The van der Waals surface area contributed by atoms with E-state index < -0.39 is 52.0 Å². The highest BCUT2D eigenvalue weighted by Gasteiger charge is 2.39. The summed E-state index contributed by atoms with van der Waals surface area (Å²) in [5.41, 5.74) is -3.95. The molecule has 0 amide bonds. The fourth-order valence-electron chi connectivity index (χ4n) is 1.22. The van der Waals surface area contributed by atoms with E-state index in [1.165, 1.54) is 0 Å². The first-order valence-electron chi connectivity index (χ1n) is 4.12. The second-order valence-electron chi connectivity index (χ2n) is 3.13. The minimum absolute atomic E-state index is 1.75. The zero-order chi connectivity index (χ0) is 14.2. The van der Waals surface area contributed by atoms with E-state index in [-0.39, 0.29) is 0 Å². The molecule has 1 aromatic rings. The summed E-state index contributed by atoms with van der Waals surface area (Å²) in [6.45, 7) is 0. The number of hydrogen-bond acceptors (Lipinski definition) is 2. The van der Waals surface area contributed by atoms with E-state index in [1.807, 2.05) is 0 Å². The molecule has 0 fully saturated rings. The predicted octanol–water partition coefficient (Wildman–Crippen LogP) is 3.26. The molecule has 0 aliphatic heterocycles. The summed E-state index contributed by atoms with van der Waals surface area (Å²) in [5.74, 6) is -9.97. The van der Waals surface area contributed by atoms with Gasteiger partial charge in [0.2, 0.25) is 11.6 Å². The minimum Gasteiger partial charge on any atom is -0.258 e. The van der Waals surface area contributed by atoms with Crippen molar-refractivity contribution in [3.8, 4) is 0 Å². The average Bonchev–Trinajstić information content (AvgIpc) is 2.20. The van der Waals surface area contributed by atoms with Gasteiger partial charge in [0.25, 0.3) is 0 Å². The van der Waals surface area contributed by atoms with Crippen LogP contribution in [0, 0.1) is 33.4 Å². The Morgan fingerprint density at radius 2 is 1.39 bits per heavy atom. The molecule has 100 valence electrons. The molecule has 1 aromatic carbocycles. The van der Waals surface area contributed by atoms with Crippen LogP contribution < -0.4 is 0 Å². The Morgan fingerprint density at radius 3 is 1.78 bits per heavy atom. The Balaban J connectivity index is 3.62. The number of alkyl halides is 3. The summed E-state index contributed by atoms with van der Waals surface area (Å²) < 4.78 is 87.3. The van der Waals surface area contributed by atoms with E-state index in [0.29, 0.717) is 0 Å². The van der Waals surface area contributed by atoms with Gasteiger partial charge in [0.05, 0.1) is 16.9 Å². The summed E-state index contributed by atoms with van der Waals surface area (Å²) in [5, 5.41) is 10.3. The minimum atomic E-state index is -5.15. The van der Waals surface area contributed by atoms with Crippen molar-refractivity contribution < 1.29 is 35.7 Å². The Hall–Kier alpha value is -1.87. The lowest BCUT2D eigenvalue weighted by molar-refractivity contribution is -0.389. The van der Waals surface area contributed by atoms with Crippen molar-refractivity contribution in [3.05, 3.63) is 38.9 Å². The SMILES string of the molecule is O=[N+]([O-])c1c(F)c(F)c(F)c(F)c1CC(F)(F)F. The highest BCUT2D eigenvalue weighted by atomic mass is 19.4. The van der Waals surface area contributed by atoms with Crippen LogP contribution in [0.5, 0.6) is 0 Å². The summed E-state index contributed by atoms with van der Waals surface area (Å²) in [6.07, 6.45) is -7.44. The van der Waals surface area contributed by atoms with E-state index in [4.69, 9.17) is 0 Å². The number of nitrogens with zero attached hydrogens (tertiary/aromatic N) is 1. The number of hydrogen-bond donors (Lipinski definition) is 0. The normalized spacial score (nSPS) is 11.7. The molecule has 0 aliphatic carbocycles. The second-order valence-corrected chi connectivity index (χ2v) is 3.13. The molecular formula is C8H2F7NO2. The van der Waals surface area contributed by atoms with Crippen molar-refractivity contribution in [1.82, 2.24) is 0 Å². The third-order valence-electron chi connectivity index (χ3n) is 1.90. The van der Waals surface area contributed by atoms with Crippen LogP contribution in [0.3, 0.4) is 0 Å². The van der Waals surface area contributed by atoms with Gasteiger partial charge in [-0.25, -0.2) is 13.2 Å². The molecule has 0 N–H and O–H groups in total. The fraction of sp³-hybridized carbons (Fsp3) is 0.250. The molecule has 10 heteroatoms. The molecule has 0 saturated heterocycles. The Labute approximate surface area is 94.0 Å². The maximum atomic E-state index is 13.0. The number of halogens is 7. The zero-order valence-electron chi connectivity index (χ0n) is 8.12. The zero-order valence-corrected chi connectivity index (χ0v) is 8.12. The van der Waals surface area contributed by atoms with Gasteiger partial charge in [0, 0.05) is 0 Å². The van der Waals surface area contributed by atoms with Crippen LogP contribution in [0.4, 0.5) is 36.4 Å². The van der Waals surface area contributed by atoms with Gasteiger partial charge >= 0.3 is 11.9 Å². The molecule has 3 nitrogen and oxygen atoms in total. The maximum Gasteiger partial charge on any atom is 0.393 e. The summed E-state index contributed by atoms with van der Waals surface area (Å²) in [7, 11) is 0. The van der Waals surface area contributed by atoms with Crippen LogP contribution in [0.2, 0.25) is 0 Å². The molecule has 0 bridgehead atoms. The van der Waals surface area contributed by atoms with Crippen LogP contribution in [0.25, 0.3) is 0 Å². The van der Waals surface area contributed by atoms with Gasteiger partial charge in [-0.2, -0.15) is 17.6 Å². The largest absolute Gasteiger partial charge is 0.393 e. The summed E-state index contributed by atoms with van der Waals surface area (Å²) in [4.78, 5) is 8.54. The number of nitro groups is 1. The van der Waals surface area contributed by atoms with Crippen LogP contribution in [-0.4, -0.2) is 11.1 Å². The van der Waals surface area contributed by atoms with Crippen molar-refractivity contribution in [2.75, 3.05) is 0 Å². The summed E-state index contributed by atoms with van der Waals surface area (Å²) in [6, 6.07) is 0. The molecule has 1 rings (SSSR count). The first-order chi connectivity index (χ1) is 8.06. The molecule has 0 aromatic heterocycles. The highest BCUT2D eigenvalue weighted by molar-refractivity contribution is 5.44. The smallest absolute Gasteiger partial charge is 0.258 e. The van der Waals surface area contributed by atoms with E-state index in [2.05, 4.69) is 0 Å². The van der Waals surface area contributed by atoms with E-state index in [1.54, 1.807) is 0 Å². The van der Waals surface area contributed by atoms with Gasteiger partial charge in [-0.3, -0.25) is 10.1 Å². The number of benzene rings is 1. The van der Waals surface area contributed by atoms with Gasteiger partial charge in [-0.15, -0.1) is 0 Å². The van der Waals surface area contributed by atoms with Crippen LogP contribution in [-0.2, 0) is 6.42 Å². The van der Waals surface area contributed by atoms with Crippen LogP contribution in [0.1, 0.15) is 5.56 Å². The average molecular weight is 277 g/mol. The summed E-state index contributed by atoms with van der Waals surface area (Å²) >= 11 is 0. The third-order valence-corrected chi connectivity index (χ3v) is 1.90. The van der Waals surface area contributed by atoms with Crippen LogP contribution >= 0.6 is 0 Å². The molecule has 0 aliphatic rings. The van der Waals surface area contributed by atoms with Gasteiger partial charge in [0.1, 0.15) is 0 Å². The first kappa shape index (κ1) is 14.2. The van der Waals surface area contributed by atoms with Crippen molar-refractivity contribution >= 4 is 5.69 Å². The quantitative estimate of drug-likeness (QED) is 0.274. The molecule has 0 spiro atoms. The molecule has 0 heterocycles. The van der Waals surface area contributed by atoms with E-state index >= 15 is 0 Å². The lowest BCUT2D eigenvalue weighted by Gasteiger charge is -2.09. The Bertz CT molecular complexity index is 511. The molecule has 0 saturated carbocycles. The Morgan fingerprint density at radius 1 is 0.944 bits per heavy atom.